The smallest absolute Gasteiger partial charge is 0.252 e. The molecule has 0 saturated heterocycles. The highest BCUT2D eigenvalue weighted by molar-refractivity contribution is 6.30. The van der Waals surface area contributed by atoms with E-state index in [1.54, 1.807) is 12.1 Å². The second-order valence-electron chi connectivity index (χ2n) is 6.56. The SMILES string of the molecule is O=C1NCc2c1c1c3cc(O)ccc3[nH]c1c1[nH]c3ccccc3c21. The Hall–Kier alpha value is -3.47. The molecule has 5 nitrogen and oxygen atoms in total. The predicted molar refractivity (Wildman–Crippen MR) is 98.0 cm³/mol. The van der Waals surface area contributed by atoms with Crippen molar-refractivity contribution in [2.45, 2.75) is 6.54 Å². The lowest BCUT2D eigenvalue weighted by molar-refractivity contribution is 0.0967. The van der Waals surface area contributed by atoms with Crippen LogP contribution in [0.1, 0.15) is 15.9 Å². The van der Waals surface area contributed by atoms with Crippen molar-refractivity contribution in [3.63, 3.8) is 0 Å². The largest absolute Gasteiger partial charge is 0.508 e. The Labute approximate surface area is 141 Å². The number of rotatable bonds is 0. The van der Waals surface area contributed by atoms with E-state index in [1.807, 2.05) is 24.3 Å². The fourth-order valence-electron chi connectivity index (χ4n) is 4.23. The molecule has 6 rings (SSSR count). The third kappa shape index (κ3) is 1.46. The van der Waals surface area contributed by atoms with E-state index in [2.05, 4.69) is 21.4 Å². The maximum Gasteiger partial charge on any atom is 0.252 e. The number of phenolic OH excluding ortho intramolecular Hbond substituents is 1. The first-order valence-electron chi connectivity index (χ1n) is 8.20. The summed E-state index contributed by atoms with van der Waals surface area (Å²) in [5, 5.41) is 16.8. The van der Waals surface area contributed by atoms with Crippen LogP contribution < -0.4 is 5.32 Å². The first-order chi connectivity index (χ1) is 12.2. The summed E-state index contributed by atoms with van der Waals surface area (Å²) in [5.74, 6) is 0.133. The van der Waals surface area contributed by atoms with Crippen LogP contribution in [0, 0.1) is 0 Å². The number of para-hydroxylation sites is 1. The van der Waals surface area contributed by atoms with Gasteiger partial charge in [-0.15, -0.1) is 0 Å². The van der Waals surface area contributed by atoms with Crippen LogP contribution in [-0.2, 0) is 6.54 Å². The molecule has 120 valence electrons. The average molecular weight is 327 g/mol. The van der Waals surface area contributed by atoms with Gasteiger partial charge in [0.1, 0.15) is 5.75 Å². The molecular weight excluding hydrogens is 314 g/mol. The van der Waals surface area contributed by atoms with E-state index in [0.29, 0.717) is 12.1 Å². The monoisotopic (exact) mass is 327 g/mol. The number of hydrogen-bond donors (Lipinski definition) is 4. The van der Waals surface area contributed by atoms with E-state index in [0.717, 1.165) is 49.2 Å². The summed E-state index contributed by atoms with van der Waals surface area (Å²) in [5.41, 5.74) is 5.59. The molecule has 0 radical (unpaired) electrons. The summed E-state index contributed by atoms with van der Waals surface area (Å²) in [4.78, 5) is 19.6. The highest BCUT2D eigenvalue weighted by Crippen LogP contribution is 2.42. The Kier molecular flexibility index (Phi) is 2.13. The molecule has 1 amide bonds. The van der Waals surface area contributed by atoms with Crippen molar-refractivity contribution >= 4 is 49.5 Å². The van der Waals surface area contributed by atoms with Crippen LogP contribution in [0.2, 0.25) is 0 Å². The van der Waals surface area contributed by atoms with Gasteiger partial charge in [0.05, 0.1) is 16.6 Å². The number of phenols is 1. The van der Waals surface area contributed by atoms with Gasteiger partial charge in [-0.1, -0.05) is 18.2 Å². The van der Waals surface area contributed by atoms with E-state index < -0.39 is 0 Å². The summed E-state index contributed by atoms with van der Waals surface area (Å²) >= 11 is 0. The van der Waals surface area contributed by atoms with Crippen LogP contribution in [-0.4, -0.2) is 21.0 Å². The molecule has 4 N–H and O–H groups in total. The van der Waals surface area contributed by atoms with E-state index in [-0.39, 0.29) is 11.7 Å². The molecule has 0 atom stereocenters. The lowest BCUT2D eigenvalue weighted by Gasteiger charge is -2.04. The maximum absolute atomic E-state index is 12.6. The molecule has 0 bridgehead atoms. The number of carbonyl (C=O) groups excluding carboxylic acids is 1. The van der Waals surface area contributed by atoms with E-state index in [1.165, 1.54) is 0 Å². The summed E-state index contributed by atoms with van der Waals surface area (Å²) in [6, 6.07) is 13.4. The molecule has 0 aliphatic carbocycles. The van der Waals surface area contributed by atoms with Gasteiger partial charge in [-0.3, -0.25) is 4.79 Å². The molecule has 2 aromatic heterocycles. The molecule has 0 saturated carbocycles. The zero-order chi connectivity index (χ0) is 16.7. The summed E-state index contributed by atoms with van der Waals surface area (Å²) in [6.07, 6.45) is 0. The second-order valence-corrected chi connectivity index (χ2v) is 6.56. The van der Waals surface area contributed by atoms with Crippen molar-refractivity contribution in [2.75, 3.05) is 0 Å². The molecule has 0 unspecified atom stereocenters. The standard InChI is InChI=1S/C20H13N3O2/c24-9-5-6-14-11(7-9)16-17-12(8-21-20(17)25)15-10-3-1-2-4-13(10)22-18(15)19(16)23-14/h1-7,22-24H,8H2,(H,21,25). The maximum atomic E-state index is 12.6. The minimum Gasteiger partial charge on any atom is -0.508 e. The fraction of sp³-hybridized carbons (Fsp3) is 0.0500. The summed E-state index contributed by atoms with van der Waals surface area (Å²) in [6.45, 7) is 0.522. The molecule has 1 aliphatic rings. The molecule has 0 fully saturated rings. The molecule has 5 aromatic rings. The number of fused-ring (bicyclic) bond motifs is 10. The van der Waals surface area contributed by atoms with Crippen LogP contribution in [0.3, 0.4) is 0 Å². The second kappa shape index (κ2) is 4.13. The zero-order valence-electron chi connectivity index (χ0n) is 13.1. The molecule has 0 spiro atoms. The molecule has 1 aliphatic heterocycles. The van der Waals surface area contributed by atoms with Gasteiger partial charge >= 0.3 is 0 Å². The van der Waals surface area contributed by atoms with Gasteiger partial charge in [0.25, 0.3) is 5.91 Å². The third-order valence-corrected chi connectivity index (χ3v) is 5.24. The average Bonchev–Trinajstić information content (AvgIpc) is 3.27. The van der Waals surface area contributed by atoms with E-state index in [4.69, 9.17) is 0 Å². The Morgan fingerprint density at radius 3 is 2.52 bits per heavy atom. The van der Waals surface area contributed by atoms with Gasteiger partial charge in [-0.2, -0.15) is 0 Å². The van der Waals surface area contributed by atoms with Crippen molar-refractivity contribution in [2.24, 2.45) is 0 Å². The highest BCUT2D eigenvalue weighted by Gasteiger charge is 2.29. The molecule has 25 heavy (non-hydrogen) atoms. The Morgan fingerprint density at radius 2 is 1.64 bits per heavy atom. The van der Waals surface area contributed by atoms with E-state index >= 15 is 0 Å². The first kappa shape index (κ1) is 12.9. The fourth-order valence-corrected chi connectivity index (χ4v) is 4.23. The predicted octanol–water partition coefficient (Wildman–Crippen LogP) is 3.90. The van der Waals surface area contributed by atoms with Crippen molar-refractivity contribution < 1.29 is 9.90 Å². The Morgan fingerprint density at radius 1 is 0.880 bits per heavy atom. The quantitative estimate of drug-likeness (QED) is 0.348. The zero-order valence-corrected chi connectivity index (χ0v) is 13.1. The summed E-state index contributed by atoms with van der Waals surface area (Å²) < 4.78 is 0. The number of benzene rings is 3. The van der Waals surface area contributed by atoms with Crippen LogP contribution in [0.4, 0.5) is 0 Å². The minimum atomic E-state index is -0.0589. The molecule has 5 heteroatoms. The third-order valence-electron chi connectivity index (χ3n) is 5.24. The van der Waals surface area contributed by atoms with Crippen molar-refractivity contribution in [3.05, 3.63) is 53.6 Å². The van der Waals surface area contributed by atoms with Crippen molar-refractivity contribution in [3.8, 4) is 5.75 Å². The number of nitrogens with one attached hydrogen (secondary N) is 3. The van der Waals surface area contributed by atoms with Crippen LogP contribution in [0.25, 0.3) is 43.6 Å². The number of H-pyrrole nitrogens is 2. The number of hydrogen-bond acceptors (Lipinski definition) is 2. The minimum absolute atomic E-state index is 0.0589. The lowest BCUT2D eigenvalue weighted by Crippen LogP contribution is -2.12. The van der Waals surface area contributed by atoms with Crippen LogP contribution in [0.15, 0.2) is 42.5 Å². The number of aromatic nitrogens is 2. The molecular formula is C20H13N3O2. The molecule has 3 aromatic carbocycles. The van der Waals surface area contributed by atoms with Crippen molar-refractivity contribution in [1.29, 1.82) is 0 Å². The number of carbonyl (C=O) groups is 1. The van der Waals surface area contributed by atoms with Gasteiger partial charge in [-0.25, -0.2) is 0 Å². The van der Waals surface area contributed by atoms with Crippen molar-refractivity contribution in [1.82, 2.24) is 15.3 Å². The van der Waals surface area contributed by atoms with E-state index in [9.17, 15) is 9.90 Å². The molecule has 3 heterocycles. The number of aromatic amines is 2. The summed E-state index contributed by atoms with van der Waals surface area (Å²) in [7, 11) is 0. The Bertz CT molecular complexity index is 1370. The van der Waals surface area contributed by atoms with Crippen LogP contribution >= 0.6 is 0 Å². The highest BCUT2D eigenvalue weighted by atomic mass is 16.3. The normalized spacial score (nSPS) is 14.0. The van der Waals surface area contributed by atoms with Gasteiger partial charge in [0.2, 0.25) is 0 Å². The number of aromatic hydroxyl groups is 1. The number of amides is 1. The van der Waals surface area contributed by atoms with Gasteiger partial charge in [0, 0.05) is 39.1 Å². The Balaban J connectivity index is 1.99. The first-order valence-corrected chi connectivity index (χ1v) is 8.20. The van der Waals surface area contributed by atoms with Gasteiger partial charge in [-0.05, 0) is 29.8 Å². The van der Waals surface area contributed by atoms with Crippen LogP contribution in [0.5, 0.6) is 5.75 Å². The van der Waals surface area contributed by atoms with Gasteiger partial charge in [0.15, 0.2) is 0 Å². The topological polar surface area (TPSA) is 80.9 Å². The lowest BCUT2D eigenvalue weighted by atomic mass is 9.97. The van der Waals surface area contributed by atoms with Gasteiger partial charge < -0.3 is 20.4 Å².